The fraction of sp³-hybridized carbons (Fsp3) is 0.333. The van der Waals surface area contributed by atoms with Crippen LogP contribution in [0.2, 0.25) is 10.0 Å². The highest BCUT2D eigenvalue weighted by Gasteiger charge is 2.16. The molecule has 0 unspecified atom stereocenters. The number of nitrogens with one attached hydrogen (secondary N) is 2. The third-order valence-electron chi connectivity index (χ3n) is 3.13. The molecule has 2 N–H and O–H groups in total. The maximum Gasteiger partial charge on any atom is 0.413 e. The topological polar surface area (TPSA) is 63.2 Å². The van der Waals surface area contributed by atoms with Gasteiger partial charge in [0.15, 0.2) is 0 Å². The summed E-state index contributed by atoms with van der Waals surface area (Å²) in [5, 5.41) is 7.13. The van der Waals surface area contributed by atoms with E-state index in [0.29, 0.717) is 22.4 Å². The fourth-order valence-electron chi connectivity index (χ4n) is 2.05. The summed E-state index contributed by atoms with van der Waals surface area (Å²) < 4.78 is 5.18. The normalized spacial score (nSPS) is 11.1. The molecule has 2 rings (SSSR count). The van der Waals surface area contributed by atoms with E-state index in [1.54, 1.807) is 39.1 Å². The van der Waals surface area contributed by atoms with Crippen LogP contribution in [-0.2, 0) is 11.2 Å². The van der Waals surface area contributed by atoms with Gasteiger partial charge in [0.2, 0.25) is 0 Å². The average molecular weight is 382 g/mol. The van der Waals surface area contributed by atoms with Crippen molar-refractivity contribution in [3.8, 4) is 0 Å². The van der Waals surface area contributed by atoms with Crippen LogP contribution in [0.4, 0.5) is 16.3 Å². The number of carbonyl (C=O) groups excluding carboxylic acids is 1. The van der Waals surface area contributed by atoms with E-state index in [0.717, 1.165) is 17.7 Å². The Labute approximate surface area is 157 Å². The summed E-state index contributed by atoms with van der Waals surface area (Å²) in [7, 11) is 0. The first-order valence-electron chi connectivity index (χ1n) is 7.87. The second kappa shape index (κ2) is 8.41. The minimum absolute atomic E-state index is 0.431. The highest BCUT2D eigenvalue weighted by Crippen LogP contribution is 2.21. The van der Waals surface area contributed by atoms with Gasteiger partial charge in [-0.15, -0.1) is 0 Å². The third-order valence-corrected chi connectivity index (χ3v) is 3.72. The minimum atomic E-state index is -0.547. The van der Waals surface area contributed by atoms with Crippen LogP contribution in [0.5, 0.6) is 0 Å². The summed E-state index contributed by atoms with van der Waals surface area (Å²) in [6.45, 7) is 6.11. The number of hydrogen-bond acceptors (Lipinski definition) is 4. The van der Waals surface area contributed by atoms with E-state index in [-0.39, 0.29) is 0 Å². The zero-order valence-corrected chi connectivity index (χ0v) is 15.9. The van der Waals surface area contributed by atoms with E-state index in [9.17, 15) is 4.79 Å². The van der Waals surface area contributed by atoms with Gasteiger partial charge >= 0.3 is 6.09 Å². The SMILES string of the molecule is CC(C)(C)OC(=O)Nc1ccc(NCCc2ccc(Cl)cc2Cl)cn1. The molecule has 0 saturated heterocycles. The summed E-state index contributed by atoms with van der Waals surface area (Å²) in [4.78, 5) is 15.9. The summed E-state index contributed by atoms with van der Waals surface area (Å²) in [6.07, 6.45) is 1.88. The van der Waals surface area contributed by atoms with Crippen LogP contribution in [0.1, 0.15) is 26.3 Å². The second-order valence-corrected chi connectivity index (χ2v) is 7.32. The van der Waals surface area contributed by atoms with Crippen LogP contribution in [0.3, 0.4) is 0 Å². The predicted octanol–water partition coefficient (Wildman–Crippen LogP) is 5.39. The number of rotatable bonds is 5. The molecular formula is C18H21Cl2N3O2. The number of ether oxygens (including phenoxy) is 1. The Hall–Kier alpha value is -1.98. The van der Waals surface area contributed by atoms with Crippen molar-refractivity contribution in [1.29, 1.82) is 0 Å². The zero-order chi connectivity index (χ0) is 18.4. The molecule has 1 amide bonds. The van der Waals surface area contributed by atoms with Crippen LogP contribution in [0.15, 0.2) is 36.5 Å². The molecule has 0 aliphatic rings. The van der Waals surface area contributed by atoms with Crippen molar-refractivity contribution in [1.82, 2.24) is 4.98 Å². The molecule has 2 aromatic rings. The molecule has 134 valence electrons. The van der Waals surface area contributed by atoms with E-state index in [2.05, 4.69) is 15.6 Å². The smallest absolute Gasteiger partial charge is 0.413 e. The van der Waals surface area contributed by atoms with E-state index < -0.39 is 11.7 Å². The molecule has 0 spiro atoms. The number of carbonyl (C=O) groups is 1. The highest BCUT2D eigenvalue weighted by molar-refractivity contribution is 6.35. The molecular weight excluding hydrogens is 361 g/mol. The molecule has 0 radical (unpaired) electrons. The van der Waals surface area contributed by atoms with E-state index in [4.69, 9.17) is 27.9 Å². The largest absolute Gasteiger partial charge is 0.444 e. The Kier molecular flexibility index (Phi) is 6.51. The zero-order valence-electron chi connectivity index (χ0n) is 14.4. The predicted molar refractivity (Wildman–Crippen MR) is 103 cm³/mol. The molecule has 0 aliphatic carbocycles. The van der Waals surface area contributed by atoms with Crippen molar-refractivity contribution in [3.63, 3.8) is 0 Å². The summed E-state index contributed by atoms with van der Waals surface area (Å²) in [5.74, 6) is 0.431. The van der Waals surface area contributed by atoms with Gasteiger partial charge in [-0.25, -0.2) is 9.78 Å². The van der Waals surface area contributed by atoms with Gasteiger partial charge in [0.1, 0.15) is 11.4 Å². The molecule has 25 heavy (non-hydrogen) atoms. The molecule has 1 heterocycles. The first-order valence-corrected chi connectivity index (χ1v) is 8.62. The number of halogens is 2. The number of nitrogens with zero attached hydrogens (tertiary/aromatic N) is 1. The fourth-order valence-corrected chi connectivity index (χ4v) is 2.55. The molecule has 7 heteroatoms. The molecule has 0 fully saturated rings. The van der Waals surface area contributed by atoms with E-state index in [1.165, 1.54) is 0 Å². The summed E-state index contributed by atoms with van der Waals surface area (Å²) in [6, 6.07) is 9.02. The van der Waals surface area contributed by atoms with Gasteiger partial charge in [-0.3, -0.25) is 5.32 Å². The van der Waals surface area contributed by atoms with Gasteiger partial charge in [-0.2, -0.15) is 0 Å². The summed E-state index contributed by atoms with van der Waals surface area (Å²) in [5.41, 5.74) is 1.32. The van der Waals surface area contributed by atoms with Crippen molar-refractivity contribution < 1.29 is 9.53 Å². The van der Waals surface area contributed by atoms with E-state index in [1.807, 2.05) is 18.2 Å². The van der Waals surface area contributed by atoms with Gasteiger partial charge in [0.05, 0.1) is 11.9 Å². The monoisotopic (exact) mass is 381 g/mol. The lowest BCUT2D eigenvalue weighted by Crippen LogP contribution is -2.27. The van der Waals surface area contributed by atoms with Gasteiger partial charge in [0.25, 0.3) is 0 Å². The Morgan fingerprint density at radius 1 is 1.20 bits per heavy atom. The van der Waals surface area contributed by atoms with Crippen LogP contribution < -0.4 is 10.6 Å². The van der Waals surface area contributed by atoms with Crippen molar-refractivity contribution in [3.05, 3.63) is 52.1 Å². The molecule has 1 aromatic heterocycles. The van der Waals surface area contributed by atoms with Crippen molar-refractivity contribution in [2.24, 2.45) is 0 Å². The third kappa shape index (κ3) is 6.80. The van der Waals surface area contributed by atoms with Gasteiger partial charge in [0, 0.05) is 16.6 Å². The van der Waals surface area contributed by atoms with Crippen molar-refractivity contribution in [2.45, 2.75) is 32.8 Å². The van der Waals surface area contributed by atoms with Crippen LogP contribution in [0.25, 0.3) is 0 Å². The Balaban J connectivity index is 1.83. The lowest BCUT2D eigenvalue weighted by atomic mass is 10.1. The number of hydrogen-bond donors (Lipinski definition) is 2. The number of anilines is 2. The first kappa shape index (κ1) is 19.3. The standard InChI is InChI=1S/C18H21Cl2N3O2/c1-18(2,3)25-17(24)23-16-7-6-14(11-22-16)21-9-8-12-4-5-13(19)10-15(12)20/h4-7,10-11,21H,8-9H2,1-3H3,(H,22,23,24). The number of benzene rings is 1. The first-order chi connectivity index (χ1) is 11.7. The number of aromatic nitrogens is 1. The lowest BCUT2D eigenvalue weighted by Gasteiger charge is -2.19. The maximum absolute atomic E-state index is 11.7. The Morgan fingerprint density at radius 2 is 1.96 bits per heavy atom. The quantitative estimate of drug-likeness (QED) is 0.728. The molecule has 5 nitrogen and oxygen atoms in total. The number of amides is 1. The molecule has 0 bridgehead atoms. The average Bonchev–Trinajstić information content (AvgIpc) is 2.49. The van der Waals surface area contributed by atoms with Crippen LogP contribution >= 0.6 is 23.2 Å². The number of pyridine rings is 1. The molecule has 0 saturated carbocycles. The lowest BCUT2D eigenvalue weighted by molar-refractivity contribution is 0.0635. The van der Waals surface area contributed by atoms with Crippen LogP contribution in [-0.4, -0.2) is 23.2 Å². The van der Waals surface area contributed by atoms with Crippen molar-refractivity contribution in [2.75, 3.05) is 17.2 Å². The summed E-state index contributed by atoms with van der Waals surface area (Å²) >= 11 is 12.0. The maximum atomic E-state index is 11.7. The van der Waals surface area contributed by atoms with E-state index >= 15 is 0 Å². The second-order valence-electron chi connectivity index (χ2n) is 6.47. The molecule has 0 atom stereocenters. The van der Waals surface area contributed by atoms with Crippen LogP contribution in [0, 0.1) is 0 Å². The van der Waals surface area contributed by atoms with Crippen molar-refractivity contribution >= 4 is 40.8 Å². The van der Waals surface area contributed by atoms with Gasteiger partial charge in [-0.1, -0.05) is 29.3 Å². The highest BCUT2D eigenvalue weighted by atomic mass is 35.5. The van der Waals surface area contributed by atoms with Gasteiger partial charge < -0.3 is 10.1 Å². The van der Waals surface area contributed by atoms with Gasteiger partial charge in [-0.05, 0) is 57.0 Å². The Bertz CT molecular complexity index is 728. The minimum Gasteiger partial charge on any atom is -0.444 e. The Morgan fingerprint density at radius 3 is 2.56 bits per heavy atom. The molecule has 1 aromatic carbocycles. The molecule has 0 aliphatic heterocycles.